The molecule has 1 aliphatic carbocycles. The van der Waals surface area contributed by atoms with E-state index in [-0.39, 0.29) is 0 Å². The Morgan fingerprint density at radius 3 is 2.37 bits per heavy atom. The fourth-order valence-electron chi connectivity index (χ4n) is 2.63. The Bertz CT molecular complexity index is 413. The summed E-state index contributed by atoms with van der Waals surface area (Å²) >= 11 is 0. The van der Waals surface area contributed by atoms with E-state index in [0.29, 0.717) is 5.41 Å². The normalized spacial score (nSPS) is 16.8. The van der Waals surface area contributed by atoms with Crippen molar-refractivity contribution in [1.29, 1.82) is 0 Å². The molecule has 0 saturated heterocycles. The van der Waals surface area contributed by atoms with Crippen LogP contribution in [0.4, 0.5) is 11.6 Å². The van der Waals surface area contributed by atoms with Crippen molar-refractivity contribution in [1.82, 2.24) is 9.97 Å². The average molecular weight is 262 g/mol. The van der Waals surface area contributed by atoms with E-state index in [1.54, 1.807) is 6.33 Å². The predicted molar refractivity (Wildman–Crippen MR) is 80.6 cm³/mol. The van der Waals surface area contributed by atoms with E-state index >= 15 is 0 Å². The molecule has 2 rings (SSSR count). The van der Waals surface area contributed by atoms with Gasteiger partial charge in [-0.3, -0.25) is 0 Å². The van der Waals surface area contributed by atoms with Crippen molar-refractivity contribution in [3.05, 3.63) is 11.9 Å². The van der Waals surface area contributed by atoms with Gasteiger partial charge in [0.1, 0.15) is 18.0 Å². The lowest BCUT2D eigenvalue weighted by molar-refractivity contribution is 0.179. The molecular formula is C15H26N4. The van der Waals surface area contributed by atoms with E-state index in [1.807, 2.05) is 0 Å². The van der Waals surface area contributed by atoms with Crippen molar-refractivity contribution in [2.45, 2.75) is 52.9 Å². The van der Waals surface area contributed by atoms with E-state index in [0.717, 1.165) is 37.6 Å². The monoisotopic (exact) mass is 262 g/mol. The first-order valence-electron chi connectivity index (χ1n) is 7.50. The van der Waals surface area contributed by atoms with Crippen LogP contribution in [0.5, 0.6) is 0 Å². The highest BCUT2D eigenvalue weighted by atomic mass is 15.1. The number of anilines is 2. The number of hydrogen-bond acceptors (Lipinski definition) is 4. The lowest BCUT2D eigenvalue weighted by atomic mass is 9.70. The van der Waals surface area contributed by atoms with Crippen LogP contribution in [0.15, 0.2) is 6.33 Å². The number of nitrogens with one attached hydrogen (secondary N) is 2. The second-order valence-electron chi connectivity index (χ2n) is 5.85. The maximum atomic E-state index is 4.44. The van der Waals surface area contributed by atoms with Crippen LogP contribution in [0.1, 0.15) is 52.0 Å². The third kappa shape index (κ3) is 3.37. The fourth-order valence-corrected chi connectivity index (χ4v) is 2.63. The van der Waals surface area contributed by atoms with Gasteiger partial charge in [0, 0.05) is 18.7 Å². The molecule has 19 heavy (non-hydrogen) atoms. The zero-order valence-electron chi connectivity index (χ0n) is 12.4. The molecule has 0 amide bonds. The minimum Gasteiger partial charge on any atom is -0.370 e. The minimum absolute atomic E-state index is 0.465. The summed E-state index contributed by atoms with van der Waals surface area (Å²) in [5, 5.41) is 6.88. The predicted octanol–water partition coefficient (Wildman–Crippen LogP) is 3.46. The van der Waals surface area contributed by atoms with Gasteiger partial charge < -0.3 is 10.6 Å². The van der Waals surface area contributed by atoms with Gasteiger partial charge in [-0.2, -0.15) is 0 Å². The molecule has 0 atom stereocenters. The molecule has 1 fully saturated rings. The molecule has 1 aliphatic rings. The topological polar surface area (TPSA) is 49.8 Å². The largest absolute Gasteiger partial charge is 0.370 e. The molecule has 0 spiro atoms. The Balaban J connectivity index is 2.10. The molecule has 4 heteroatoms. The second-order valence-corrected chi connectivity index (χ2v) is 5.85. The first kappa shape index (κ1) is 14.1. The van der Waals surface area contributed by atoms with Gasteiger partial charge in [-0.15, -0.1) is 0 Å². The summed E-state index contributed by atoms with van der Waals surface area (Å²) in [4.78, 5) is 8.80. The van der Waals surface area contributed by atoms with E-state index < -0.39 is 0 Å². The Hall–Kier alpha value is -1.32. The van der Waals surface area contributed by atoms with Crippen LogP contribution in [0.3, 0.4) is 0 Å². The molecule has 0 aliphatic heterocycles. The molecule has 0 aromatic carbocycles. The first-order chi connectivity index (χ1) is 9.18. The van der Waals surface area contributed by atoms with E-state index in [2.05, 4.69) is 41.4 Å². The van der Waals surface area contributed by atoms with Gasteiger partial charge in [0.25, 0.3) is 0 Å². The highest BCUT2D eigenvalue weighted by Crippen LogP contribution is 2.40. The van der Waals surface area contributed by atoms with Gasteiger partial charge in [0.05, 0.1) is 0 Å². The molecule has 1 aromatic rings. The highest BCUT2D eigenvalue weighted by Gasteiger charge is 2.31. The molecule has 0 unspecified atom stereocenters. The zero-order valence-corrected chi connectivity index (χ0v) is 12.4. The van der Waals surface area contributed by atoms with Crippen molar-refractivity contribution >= 4 is 11.6 Å². The first-order valence-corrected chi connectivity index (χ1v) is 7.50. The summed E-state index contributed by atoms with van der Waals surface area (Å²) < 4.78 is 0. The maximum absolute atomic E-state index is 4.44. The molecule has 0 bridgehead atoms. The van der Waals surface area contributed by atoms with Crippen molar-refractivity contribution < 1.29 is 0 Å². The number of nitrogens with zero attached hydrogens (tertiary/aromatic N) is 2. The standard InChI is InChI=1S/C15H26N4/c1-4-7-12-13(16-5-2)18-11-19-14(12)17-10-15(3)8-6-9-15/h11H,4-10H2,1-3H3,(H2,16,17,18,19). The summed E-state index contributed by atoms with van der Waals surface area (Å²) in [7, 11) is 0. The smallest absolute Gasteiger partial charge is 0.134 e. The van der Waals surface area contributed by atoms with Crippen molar-refractivity contribution in [3.8, 4) is 0 Å². The Morgan fingerprint density at radius 1 is 1.16 bits per heavy atom. The van der Waals surface area contributed by atoms with E-state index in [1.165, 1.54) is 24.8 Å². The van der Waals surface area contributed by atoms with E-state index in [4.69, 9.17) is 0 Å². The summed E-state index contributed by atoms with van der Waals surface area (Å²) in [6, 6.07) is 0. The van der Waals surface area contributed by atoms with Crippen LogP contribution < -0.4 is 10.6 Å². The molecule has 1 heterocycles. The van der Waals surface area contributed by atoms with Gasteiger partial charge in [-0.05, 0) is 31.6 Å². The molecule has 1 aromatic heterocycles. The summed E-state index contributed by atoms with van der Waals surface area (Å²) in [6.45, 7) is 8.56. The molecule has 0 radical (unpaired) electrons. The third-order valence-corrected chi connectivity index (χ3v) is 4.03. The fraction of sp³-hybridized carbons (Fsp3) is 0.733. The SMILES string of the molecule is CCCc1c(NCC)ncnc1NCC1(C)CCC1. The van der Waals surface area contributed by atoms with Crippen LogP contribution in [0, 0.1) is 5.41 Å². The molecule has 2 N–H and O–H groups in total. The van der Waals surface area contributed by atoms with Crippen molar-refractivity contribution in [2.75, 3.05) is 23.7 Å². The average Bonchev–Trinajstić information content (AvgIpc) is 2.37. The van der Waals surface area contributed by atoms with Crippen molar-refractivity contribution in [3.63, 3.8) is 0 Å². The van der Waals surface area contributed by atoms with Gasteiger partial charge >= 0.3 is 0 Å². The van der Waals surface area contributed by atoms with Crippen LogP contribution in [-0.4, -0.2) is 23.1 Å². The van der Waals surface area contributed by atoms with Gasteiger partial charge in [0.15, 0.2) is 0 Å². The zero-order chi connectivity index (χ0) is 13.7. The maximum Gasteiger partial charge on any atom is 0.134 e. The lowest BCUT2D eigenvalue weighted by Gasteiger charge is -2.38. The third-order valence-electron chi connectivity index (χ3n) is 4.03. The summed E-state index contributed by atoms with van der Waals surface area (Å²) in [6.07, 6.45) is 7.80. The number of hydrogen-bond donors (Lipinski definition) is 2. The Morgan fingerprint density at radius 2 is 1.84 bits per heavy atom. The van der Waals surface area contributed by atoms with Crippen molar-refractivity contribution in [2.24, 2.45) is 5.41 Å². The van der Waals surface area contributed by atoms with Crippen LogP contribution in [0.25, 0.3) is 0 Å². The van der Waals surface area contributed by atoms with Crippen LogP contribution in [-0.2, 0) is 6.42 Å². The number of aromatic nitrogens is 2. The minimum atomic E-state index is 0.465. The Kier molecular flexibility index (Phi) is 4.61. The second kappa shape index (κ2) is 6.22. The lowest BCUT2D eigenvalue weighted by Crippen LogP contribution is -2.33. The molecular weight excluding hydrogens is 236 g/mol. The van der Waals surface area contributed by atoms with Crippen LogP contribution in [0.2, 0.25) is 0 Å². The molecule has 1 saturated carbocycles. The molecule has 4 nitrogen and oxygen atoms in total. The molecule has 106 valence electrons. The Labute approximate surface area is 116 Å². The van der Waals surface area contributed by atoms with Gasteiger partial charge in [-0.1, -0.05) is 26.7 Å². The summed E-state index contributed by atoms with van der Waals surface area (Å²) in [5.41, 5.74) is 1.70. The summed E-state index contributed by atoms with van der Waals surface area (Å²) in [5.74, 6) is 2.00. The van der Waals surface area contributed by atoms with Gasteiger partial charge in [0.2, 0.25) is 0 Å². The highest BCUT2D eigenvalue weighted by molar-refractivity contribution is 5.57. The van der Waals surface area contributed by atoms with Crippen LogP contribution >= 0.6 is 0 Å². The number of rotatable bonds is 7. The van der Waals surface area contributed by atoms with E-state index in [9.17, 15) is 0 Å². The quantitative estimate of drug-likeness (QED) is 0.790. The van der Waals surface area contributed by atoms with Gasteiger partial charge in [-0.25, -0.2) is 9.97 Å².